The van der Waals surface area contributed by atoms with Crippen LogP contribution in [0.5, 0.6) is 0 Å². The van der Waals surface area contributed by atoms with Crippen molar-refractivity contribution in [3.05, 3.63) is 0 Å². The van der Waals surface area contributed by atoms with Gasteiger partial charge >= 0.3 is 0 Å². The van der Waals surface area contributed by atoms with Crippen LogP contribution in [-0.2, 0) is 0 Å². The maximum atomic E-state index is 8.52. The first-order valence-electron chi connectivity index (χ1n) is 4.40. The Morgan fingerprint density at radius 2 is 2.31 bits per heavy atom. The van der Waals surface area contributed by atoms with E-state index in [2.05, 4.69) is 23.7 Å². The lowest BCUT2D eigenvalue weighted by Gasteiger charge is -2.32. The van der Waals surface area contributed by atoms with Gasteiger partial charge in [-0.1, -0.05) is 11.8 Å². The molecular formula is C9H15N3S. The summed E-state index contributed by atoms with van der Waals surface area (Å²) in [6, 6.07) is 0. The Morgan fingerprint density at radius 1 is 1.62 bits per heavy atom. The Kier molecular flexibility index (Phi) is 3.21. The second kappa shape index (κ2) is 4.01. The van der Waals surface area contributed by atoms with Gasteiger partial charge in [0.2, 0.25) is 6.19 Å². The fourth-order valence-corrected chi connectivity index (χ4v) is 2.41. The number of hydrogen-bond donors (Lipinski definition) is 0. The summed E-state index contributed by atoms with van der Waals surface area (Å²) in [7, 11) is 0. The van der Waals surface area contributed by atoms with E-state index in [0.29, 0.717) is 0 Å². The minimum Gasteiger partial charge on any atom is -0.345 e. The van der Waals surface area contributed by atoms with Gasteiger partial charge in [-0.3, -0.25) is 0 Å². The van der Waals surface area contributed by atoms with Crippen molar-refractivity contribution in [2.45, 2.75) is 32.2 Å². The van der Waals surface area contributed by atoms with Crippen LogP contribution in [0.4, 0.5) is 0 Å². The van der Waals surface area contributed by atoms with Gasteiger partial charge in [-0.15, -0.1) is 4.99 Å². The molecule has 4 heteroatoms. The lowest BCUT2D eigenvalue weighted by atomic mass is 10.0. The van der Waals surface area contributed by atoms with Gasteiger partial charge in [0.25, 0.3) is 0 Å². The molecule has 72 valence electrons. The standard InChI is InChI=1S/C9H15N3S/c1-9(2)5-4-6-12(9)8(13-3)11-7-10/h4-6H2,1-3H3. The fourth-order valence-electron chi connectivity index (χ4n) is 1.72. The maximum Gasteiger partial charge on any atom is 0.208 e. The molecule has 0 saturated carbocycles. The Morgan fingerprint density at radius 3 is 2.69 bits per heavy atom. The molecule has 3 nitrogen and oxygen atoms in total. The van der Waals surface area contributed by atoms with E-state index in [0.717, 1.165) is 11.7 Å². The van der Waals surface area contributed by atoms with Gasteiger partial charge < -0.3 is 4.90 Å². The van der Waals surface area contributed by atoms with Crippen molar-refractivity contribution in [1.82, 2.24) is 4.90 Å². The average molecular weight is 197 g/mol. The molecule has 0 atom stereocenters. The molecule has 0 amide bonds. The van der Waals surface area contributed by atoms with E-state index in [1.165, 1.54) is 12.8 Å². The summed E-state index contributed by atoms with van der Waals surface area (Å²) in [4.78, 5) is 6.05. The van der Waals surface area contributed by atoms with Crippen molar-refractivity contribution in [1.29, 1.82) is 5.26 Å². The maximum absolute atomic E-state index is 8.52. The Hall–Kier alpha value is -0.690. The van der Waals surface area contributed by atoms with Gasteiger partial charge in [0.05, 0.1) is 0 Å². The van der Waals surface area contributed by atoms with Crippen molar-refractivity contribution in [3.8, 4) is 6.19 Å². The van der Waals surface area contributed by atoms with Gasteiger partial charge in [-0.05, 0) is 32.9 Å². The summed E-state index contributed by atoms with van der Waals surface area (Å²) in [5, 5.41) is 9.37. The minimum atomic E-state index is 0.165. The molecule has 0 aliphatic carbocycles. The highest BCUT2D eigenvalue weighted by atomic mass is 32.2. The molecule has 1 heterocycles. The topological polar surface area (TPSA) is 39.4 Å². The molecule has 0 spiro atoms. The lowest BCUT2D eigenvalue weighted by molar-refractivity contribution is 0.287. The zero-order valence-electron chi connectivity index (χ0n) is 8.37. The number of likely N-dealkylation sites (tertiary alicyclic amines) is 1. The molecule has 13 heavy (non-hydrogen) atoms. The van der Waals surface area contributed by atoms with Crippen molar-refractivity contribution in [2.75, 3.05) is 12.8 Å². The number of hydrogen-bond acceptors (Lipinski definition) is 3. The molecule has 1 rings (SSSR count). The second-order valence-electron chi connectivity index (χ2n) is 3.77. The molecule has 0 bridgehead atoms. The molecule has 1 saturated heterocycles. The van der Waals surface area contributed by atoms with E-state index in [1.807, 2.05) is 12.4 Å². The molecule has 0 radical (unpaired) electrons. The summed E-state index contributed by atoms with van der Waals surface area (Å²) >= 11 is 1.55. The second-order valence-corrected chi connectivity index (χ2v) is 4.54. The number of nitrogens with zero attached hydrogens (tertiary/aromatic N) is 3. The Labute approximate surface area is 83.8 Å². The summed E-state index contributed by atoms with van der Waals surface area (Å²) in [5.41, 5.74) is 0.165. The van der Waals surface area contributed by atoms with E-state index in [4.69, 9.17) is 5.26 Å². The summed E-state index contributed by atoms with van der Waals surface area (Å²) in [6.45, 7) is 5.42. The Bertz CT molecular complexity index is 252. The molecule has 0 N–H and O–H groups in total. The van der Waals surface area contributed by atoms with Gasteiger partial charge in [0.15, 0.2) is 5.17 Å². The molecule has 1 fully saturated rings. The largest absolute Gasteiger partial charge is 0.345 e. The molecule has 1 aliphatic rings. The van der Waals surface area contributed by atoms with E-state index >= 15 is 0 Å². The molecule has 0 aromatic carbocycles. The Balaban J connectivity index is 2.82. The van der Waals surface area contributed by atoms with Crippen molar-refractivity contribution in [2.24, 2.45) is 4.99 Å². The smallest absolute Gasteiger partial charge is 0.208 e. The van der Waals surface area contributed by atoms with E-state index in [-0.39, 0.29) is 5.54 Å². The van der Waals surface area contributed by atoms with Crippen LogP contribution in [-0.4, -0.2) is 28.4 Å². The van der Waals surface area contributed by atoms with Crippen LogP contribution in [0.1, 0.15) is 26.7 Å². The minimum absolute atomic E-state index is 0.165. The van der Waals surface area contributed by atoms with Crippen molar-refractivity contribution >= 4 is 16.9 Å². The van der Waals surface area contributed by atoms with Gasteiger partial charge in [0, 0.05) is 12.1 Å². The van der Waals surface area contributed by atoms with Crippen LogP contribution in [0.15, 0.2) is 4.99 Å². The quantitative estimate of drug-likeness (QED) is 0.339. The molecular weight excluding hydrogens is 182 g/mol. The molecule has 0 aromatic heterocycles. The third-order valence-corrected chi connectivity index (χ3v) is 3.14. The van der Waals surface area contributed by atoms with Crippen LogP contribution < -0.4 is 0 Å². The first-order valence-corrected chi connectivity index (χ1v) is 5.62. The first-order chi connectivity index (χ1) is 6.11. The zero-order chi connectivity index (χ0) is 9.90. The van der Waals surface area contributed by atoms with E-state index < -0.39 is 0 Å². The average Bonchev–Trinajstić information content (AvgIpc) is 2.41. The van der Waals surface area contributed by atoms with Crippen LogP contribution in [0.3, 0.4) is 0 Å². The number of rotatable bonds is 0. The predicted octanol–water partition coefficient (Wildman–Crippen LogP) is 2.06. The third kappa shape index (κ3) is 2.16. The highest BCUT2D eigenvalue weighted by molar-refractivity contribution is 8.13. The van der Waals surface area contributed by atoms with Gasteiger partial charge in [-0.25, -0.2) is 0 Å². The van der Waals surface area contributed by atoms with Crippen LogP contribution in [0, 0.1) is 11.5 Å². The number of aliphatic imine (C=N–C) groups is 1. The predicted molar refractivity (Wildman–Crippen MR) is 56.6 cm³/mol. The normalized spacial score (nSPS) is 21.7. The van der Waals surface area contributed by atoms with Crippen molar-refractivity contribution in [3.63, 3.8) is 0 Å². The van der Waals surface area contributed by atoms with Crippen LogP contribution in [0.25, 0.3) is 0 Å². The molecule has 0 aromatic rings. The fraction of sp³-hybridized carbons (Fsp3) is 0.778. The SMILES string of the molecule is CSC(=NC#N)N1CCCC1(C)C. The van der Waals surface area contributed by atoms with Gasteiger partial charge in [-0.2, -0.15) is 5.26 Å². The third-order valence-electron chi connectivity index (χ3n) is 2.46. The van der Waals surface area contributed by atoms with Gasteiger partial charge in [0.1, 0.15) is 0 Å². The monoisotopic (exact) mass is 197 g/mol. The van der Waals surface area contributed by atoms with Crippen LogP contribution >= 0.6 is 11.8 Å². The summed E-state index contributed by atoms with van der Waals surface area (Å²) < 4.78 is 0. The number of amidine groups is 1. The molecule has 1 aliphatic heterocycles. The highest BCUT2D eigenvalue weighted by Gasteiger charge is 2.33. The van der Waals surface area contributed by atoms with E-state index in [9.17, 15) is 0 Å². The number of thioether (sulfide) groups is 1. The first kappa shape index (κ1) is 10.4. The summed E-state index contributed by atoms with van der Waals surface area (Å²) in [6.07, 6.45) is 6.19. The summed E-state index contributed by atoms with van der Waals surface area (Å²) in [5.74, 6) is 0. The van der Waals surface area contributed by atoms with Crippen LogP contribution in [0.2, 0.25) is 0 Å². The highest BCUT2D eigenvalue weighted by Crippen LogP contribution is 2.30. The molecule has 0 unspecified atom stereocenters. The lowest BCUT2D eigenvalue weighted by Crippen LogP contribution is -2.41. The number of nitriles is 1. The zero-order valence-corrected chi connectivity index (χ0v) is 9.19. The van der Waals surface area contributed by atoms with Crippen molar-refractivity contribution < 1.29 is 0 Å². The van der Waals surface area contributed by atoms with E-state index in [1.54, 1.807) is 11.8 Å².